The van der Waals surface area contributed by atoms with Crippen LogP contribution in [-0.2, 0) is 6.54 Å². The van der Waals surface area contributed by atoms with Crippen molar-refractivity contribution in [2.24, 2.45) is 0 Å². The normalized spacial score (nSPS) is 10.3. The molecule has 0 saturated carbocycles. The van der Waals surface area contributed by atoms with Gasteiger partial charge in [0.2, 0.25) is 17.8 Å². The third-order valence-electron chi connectivity index (χ3n) is 2.08. The van der Waals surface area contributed by atoms with E-state index in [9.17, 15) is 0 Å². The molecule has 0 aliphatic carbocycles. The number of nitrogens with two attached hydrogens (primary N) is 2. The predicted octanol–water partition coefficient (Wildman–Crippen LogP) is 0.000500. The third kappa shape index (κ3) is 2.19. The van der Waals surface area contributed by atoms with Crippen LogP contribution in [0.4, 0.5) is 17.8 Å². The van der Waals surface area contributed by atoms with Gasteiger partial charge in [0.05, 0.1) is 0 Å². The van der Waals surface area contributed by atoms with Crippen molar-refractivity contribution in [2.45, 2.75) is 6.54 Å². The molecule has 2 rings (SSSR count). The van der Waals surface area contributed by atoms with Crippen molar-refractivity contribution >= 4 is 17.8 Å². The number of H-pyrrole nitrogens is 1. The molecule has 0 aliphatic heterocycles. The minimum Gasteiger partial charge on any atom is -0.368 e. The molecule has 84 valence electrons. The SMILES string of the molecule is CN(Cc1cc[nH]c1)c1nc(N)nc(N)n1. The van der Waals surface area contributed by atoms with Crippen molar-refractivity contribution < 1.29 is 0 Å². The molecule has 0 amide bonds. The van der Waals surface area contributed by atoms with Gasteiger partial charge in [-0.05, 0) is 11.6 Å². The van der Waals surface area contributed by atoms with Crippen LogP contribution in [0.1, 0.15) is 5.56 Å². The van der Waals surface area contributed by atoms with Gasteiger partial charge in [-0.25, -0.2) is 0 Å². The van der Waals surface area contributed by atoms with E-state index in [-0.39, 0.29) is 11.9 Å². The van der Waals surface area contributed by atoms with Crippen LogP contribution in [0, 0.1) is 0 Å². The summed E-state index contributed by atoms with van der Waals surface area (Å²) in [6.45, 7) is 0.673. The first kappa shape index (κ1) is 10.2. The first-order chi connectivity index (χ1) is 7.65. The first-order valence-corrected chi connectivity index (χ1v) is 4.75. The summed E-state index contributed by atoms with van der Waals surface area (Å²) in [7, 11) is 1.86. The fourth-order valence-corrected chi connectivity index (χ4v) is 1.37. The lowest BCUT2D eigenvalue weighted by atomic mass is 10.3. The molecule has 5 N–H and O–H groups in total. The number of aromatic amines is 1. The second-order valence-electron chi connectivity index (χ2n) is 3.43. The maximum Gasteiger partial charge on any atom is 0.231 e. The van der Waals surface area contributed by atoms with Gasteiger partial charge in [0, 0.05) is 26.0 Å². The monoisotopic (exact) mass is 219 g/mol. The highest BCUT2D eigenvalue weighted by atomic mass is 15.3. The number of aromatic nitrogens is 4. The average Bonchev–Trinajstić information content (AvgIpc) is 2.68. The molecule has 16 heavy (non-hydrogen) atoms. The number of anilines is 3. The lowest BCUT2D eigenvalue weighted by molar-refractivity contribution is 0.861. The van der Waals surface area contributed by atoms with Gasteiger partial charge < -0.3 is 21.4 Å². The average molecular weight is 219 g/mol. The van der Waals surface area contributed by atoms with Crippen LogP contribution in [0.15, 0.2) is 18.5 Å². The molecule has 0 aromatic carbocycles. The molecule has 2 aromatic rings. The second kappa shape index (κ2) is 4.05. The van der Waals surface area contributed by atoms with E-state index < -0.39 is 0 Å². The smallest absolute Gasteiger partial charge is 0.231 e. The number of hydrogen-bond donors (Lipinski definition) is 3. The van der Waals surface area contributed by atoms with Crippen LogP contribution in [0.25, 0.3) is 0 Å². The Kier molecular flexibility index (Phi) is 2.59. The van der Waals surface area contributed by atoms with Gasteiger partial charge in [-0.15, -0.1) is 0 Å². The summed E-state index contributed by atoms with van der Waals surface area (Å²) in [6.07, 6.45) is 3.77. The third-order valence-corrected chi connectivity index (χ3v) is 2.08. The van der Waals surface area contributed by atoms with Gasteiger partial charge in [0.1, 0.15) is 0 Å². The van der Waals surface area contributed by atoms with E-state index in [1.807, 2.05) is 30.4 Å². The van der Waals surface area contributed by atoms with Gasteiger partial charge >= 0.3 is 0 Å². The topological polar surface area (TPSA) is 110 Å². The Morgan fingerprint density at radius 2 is 1.94 bits per heavy atom. The number of nitrogens with one attached hydrogen (secondary N) is 1. The molecule has 2 heterocycles. The Hall–Kier alpha value is -2.31. The van der Waals surface area contributed by atoms with Crippen molar-refractivity contribution in [3.8, 4) is 0 Å². The van der Waals surface area contributed by atoms with Gasteiger partial charge in [-0.3, -0.25) is 0 Å². The van der Waals surface area contributed by atoms with Gasteiger partial charge in [0.25, 0.3) is 0 Å². The zero-order chi connectivity index (χ0) is 11.5. The van der Waals surface area contributed by atoms with Gasteiger partial charge in [0.15, 0.2) is 0 Å². The summed E-state index contributed by atoms with van der Waals surface area (Å²) in [4.78, 5) is 16.6. The van der Waals surface area contributed by atoms with Gasteiger partial charge in [-0.1, -0.05) is 0 Å². The summed E-state index contributed by atoms with van der Waals surface area (Å²) >= 11 is 0. The molecule has 0 spiro atoms. The highest BCUT2D eigenvalue weighted by molar-refractivity contribution is 5.39. The summed E-state index contributed by atoms with van der Waals surface area (Å²) in [5.74, 6) is 0.720. The van der Waals surface area contributed by atoms with E-state index in [1.54, 1.807) is 0 Å². The molecule has 7 heteroatoms. The fraction of sp³-hybridized carbons (Fsp3) is 0.222. The molecule has 0 fully saturated rings. The maximum absolute atomic E-state index is 5.50. The van der Waals surface area contributed by atoms with E-state index in [0.717, 1.165) is 5.56 Å². The zero-order valence-corrected chi connectivity index (χ0v) is 8.88. The van der Waals surface area contributed by atoms with Crippen molar-refractivity contribution in [2.75, 3.05) is 23.4 Å². The first-order valence-electron chi connectivity index (χ1n) is 4.75. The molecule has 0 bridgehead atoms. The molecule has 2 aromatic heterocycles. The molecule has 0 radical (unpaired) electrons. The quantitative estimate of drug-likeness (QED) is 0.670. The largest absolute Gasteiger partial charge is 0.368 e. The van der Waals surface area contributed by atoms with E-state index >= 15 is 0 Å². The van der Waals surface area contributed by atoms with E-state index in [4.69, 9.17) is 11.5 Å². The number of hydrogen-bond acceptors (Lipinski definition) is 6. The van der Waals surface area contributed by atoms with Crippen LogP contribution in [0.3, 0.4) is 0 Å². The van der Waals surface area contributed by atoms with E-state index in [1.165, 1.54) is 0 Å². The molecule has 0 saturated heterocycles. The lowest BCUT2D eigenvalue weighted by Crippen LogP contribution is -2.20. The van der Waals surface area contributed by atoms with Crippen LogP contribution in [-0.4, -0.2) is 27.0 Å². The van der Waals surface area contributed by atoms with Crippen molar-refractivity contribution in [1.29, 1.82) is 0 Å². The fourth-order valence-electron chi connectivity index (χ4n) is 1.37. The van der Waals surface area contributed by atoms with Crippen molar-refractivity contribution in [3.63, 3.8) is 0 Å². The van der Waals surface area contributed by atoms with Crippen LogP contribution in [0.5, 0.6) is 0 Å². The highest BCUT2D eigenvalue weighted by Crippen LogP contribution is 2.11. The van der Waals surface area contributed by atoms with Gasteiger partial charge in [-0.2, -0.15) is 15.0 Å². The standard InChI is InChI=1S/C9H13N7/c1-16(5-6-2-3-12-4-6)9-14-7(10)13-8(11)15-9/h2-4,12H,5H2,1H3,(H4,10,11,13,14,15). The highest BCUT2D eigenvalue weighted by Gasteiger charge is 2.08. The van der Waals surface area contributed by atoms with Crippen molar-refractivity contribution in [1.82, 2.24) is 19.9 Å². The molecule has 0 atom stereocenters. The molecular formula is C9H13N7. The van der Waals surface area contributed by atoms with Crippen LogP contribution < -0.4 is 16.4 Å². The second-order valence-corrected chi connectivity index (χ2v) is 3.43. The number of rotatable bonds is 3. The molecule has 7 nitrogen and oxygen atoms in total. The van der Waals surface area contributed by atoms with E-state index in [2.05, 4.69) is 19.9 Å². The Morgan fingerprint density at radius 1 is 1.25 bits per heavy atom. The summed E-state index contributed by atoms with van der Waals surface area (Å²) in [5.41, 5.74) is 12.1. The summed E-state index contributed by atoms with van der Waals surface area (Å²) in [5, 5.41) is 0. The Morgan fingerprint density at radius 3 is 2.50 bits per heavy atom. The Labute approximate surface area is 92.5 Å². The number of nitrogen functional groups attached to an aromatic ring is 2. The number of nitrogens with zero attached hydrogens (tertiary/aromatic N) is 4. The lowest BCUT2D eigenvalue weighted by Gasteiger charge is -2.16. The van der Waals surface area contributed by atoms with Crippen LogP contribution >= 0.6 is 0 Å². The van der Waals surface area contributed by atoms with Crippen LogP contribution in [0.2, 0.25) is 0 Å². The maximum atomic E-state index is 5.50. The molecular weight excluding hydrogens is 206 g/mol. The molecule has 0 unspecified atom stereocenters. The summed E-state index contributed by atoms with van der Waals surface area (Å²) < 4.78 is 0. The Balaban J connectivity index is 2.17. The zero-order valence-electron chi connectivity index (χ0n) is 8.88. The van der Waals surface area contributed by atoms with Crippen molar-refractivity contribution in [3.05, 3.63) is 24.0 Å². The minimum absolute atomic E-state index is 0.128. The molecule has 0 aliphatic rings. The summed E-state index contributed by atoms with van der Waals surface area (Å²) in [6, 6.07) is 1.98. The van der Waals surface area contributed by atoms with E-state index in [0.29, 0.717) is 12.5 Å². The predicted molar refractivity (Wildman–Crippen MR) is 61.6 cm³/mol. The minimum atomic E-state index is 0.128. The Bertz CT molecular complexity index is 444.